The molecule has 0 spiro atoms. The van der Waals surface area contributed by atoms with E-state index < -0.39 is 0 Å². The van der Waals surface area contributed by atoms with Crippen LogP contribution in [0.4, 0.5) is 4.79 Å². The van der Waals surface area contributed by atoms with Crippen molar-refractivity contribution in [2.24, 2.45) is 7.05 Å². The van der Waals surface area contributed by atoms with Gasteiger partial charge in [-0.3, -0.25) is 9.58 Å². The second kappa shape index (κ2) is 7.67. The molecular formula is C17H26N6O. The second-order valence-corrected chi connectivity index (χ2v) is 6.74. The first-order valence-electron chi connectivity index (χ1n) is 8.83. The Labute approximate surface area is 143 Å². The minimum absolute atomic E-state index is 0.0413. The van der Waals surface area contributed by atoms with Crippen LogP contribution < -0.4 is 5.32 Å². The van der Waals surface area contributed by atoms with Crippen LogP contribution in [-0.2, 0) is 7.05 Å². The lowest BCUT2D eigenvalue weighted by Gasteiger charge is -2.38. The maximum Gasteiger partial charge on any atom is 0.318 e. The van der Waals surface area contributed by atoms with Crippen LogP contribution in [0.5, 0.6) is 0 Å². The van der Waals surface area contributed by atoms with E-state index in [9.17, 15) is 4.79 Å². The van der Waals surface area contributed by atoms with E-state index in [0.717, 1.165) is 57.4 Å². The van der Waals surface area contributed by atoms with Gasteiger partial charge in [-0.2, -0.15) is 10.4 Å². The van der Waals surface area contributed by atoms with Crippen molar-refractivity contribution < 1.29 is 4.79 Å². The third kappa shape index (κ3) is 3.70. The first-order chi connectivity index (χ1) is 11.7. The van der Waals surface area contributed by atoms with Crippen LogP contribution in [0.2, 0.25) is 0 Å². The highest BCUT2D eigenvalue weighted by Gasteiger charge is 2.31. The van der Waals surface area contributed by atoms with Crippen LogP contribution in [0.1, 0.15) is 43.8 Å². The smallest absolute Gasteiger partial charge is 0.318 e. The molecule has 2 fully saturated rings. The third-order valence-corrected chi connectivity index (χ3v) is 5.17. The lowest BCUT2D eigenvalue weighted by Crippen LogP contribution is -2.51. The summed E-state index contributed by atoms with van der Waals surface area (Å²) in [4.78, 5) is 16.9. The van der Waals surface area contributed by atoms with Crippen molar-refractivity contribution in [1.82, 2.24) is 24.9 Å². The molecular weight excluding hydrogens is 304 g/mol. The van der Waals surface area contributed by atoms with Gasteiger partial charge in [0.25, 0.3) is 0 Å². The Hall–Kier alpha value is -2.07. The number of likely N-dealkylation sites (tertiary alicyclic amines) is 2. The molecule has 2 aliphatic rings. The van der Waals surface area contributed by atoms with E-state index in [1.165, 1.54) is 0 Å². The van der Waals surface area contributed by atoms with Crippen LogP contribution in [0.25, 0.3) is 0 Å². The third-order valence-electron chi connectivity index (χ3n) is 5.17. The van der Waals surface area contributed by atoms with E-state index >= 15 is 0 Å². The molecule has 0 radical (unpaired) electrons. The molecule has 7 nitrogen and oxygen atoms in total. The van der Waals surface area contributed by atoms with E-state index in [-0.39, 0.29) is 18.1 Å². The Bertz CT molecular complexity index is 598. The molecule has 2 aliphatic heterocycles. The molecule has 0 bridgehead atoms. The number of nitriles is 1. The maximum atomic E-state index is 12.8. The topological polar surface area (TPSA) is 77.2 Å². The Morgan fingerprint density at radius 3 is 2.79 bits per heavy atom. The molecule has 7 heteroatoms. The number of rotatable bonds is 3. The minimum Gasteiger partial charge on any atom is -0.335 e. The van der Waals surface area contributed by atoms with E-state index in [1.807, 2.05) is 22.7 Å². The number of urea groups is 1. The van der Waals surface area contributed by atoms with Gasteiger partial charge in [0, 0.05) is 38.9 Å². The summed E-state index contributed by atoms with van der Waals surface area (Å²) >= 11 is 0. The zero-order valence-corrected chi connectivity index (χ0v) is 14.3. The van der Waals surface area contributed by atoms with E-state index in [1.54, 1.807) is 6.20 Å². The monoisotopic (exact) mass is 330 g/mol. The molecule has 130 valence electrons. The molecule has 1 N–H and O–H groups in total. The minimum atomic E-state index is 0.0413. The Morgan fingerprint density at radius 2 is 2.12 bits per heavy atom. The normalized spacial score (nSPS) is 23.0. The zero-order chi connectivity index (χ0) is 16.9. The highest BCUT2D eigenvalue weighted by atomic mass is 16.2. The molecule has 1 aromatic heterocycles. The summed E-state index contributed by atoms with van der Waals surface area (Å²) in [6, 6.07) is 4.57. The number of carbonyl (C=O) groups is 1. The number of aromatic nitrogens is 2. The largest absolute Gasteiger partial charge is 0.335 e. The molecule has 0 saturated carbocycles. The van der Waals surface area contributed by atoms with Gasteiger partial charge in [-0.15, -0.1) is 0 Å². The summed E-state index contributed by atoms with van der Waals surface area (Å²) in [6.45, 7) is 3.04. The summed E-state index contributed by atoms with van der Waals surface area (Å²) < 4.78 is 1.87. The van der Waals surface area contributed by atoms with Gasteiger partial charge in [-0.05, 0) is 38.2 Å². The van der Waals surface area contributed by atoms with Crippen molar-refractivity contribution in [3.05, 3.63) is 18.0 Å². The number of hydrogen-bond acceptors (Lipinski definition) is 4. The second-order valence-electron chi connectivity index (χ2n) is 6.74. The SMILES string of the molecule is Cn1nccc1C1CCCCN1C(=O)NC1CCN(CC#N)CC1. The van der Waals surface area contributed by atoms with Crippen molar-refractivity contribution in [3.63, 3.8) is 0 Å². The fourth-order valence-electron chi connectivity index (χ4n) is 3.79. The maximum absolute atomic E-state index is 12.8. The fraction of sp³-hybridized carbons (Fsp3) is 0.706. The quantitative estimate of drug-likeness (QED) is 0.855. The Balaban J connectivity index is 1.59. The number of amides is 2. The number of carbonyl (C=O) groups excluding carboxylic acids is 1. The van der Waals surface area contributed by atoms with Crippen molar-refractivity contribution in [2.75, 3.05) is 26.2 Å². The highest BCUT2D eigenvalue weighted by molar-refractivity contribution is 5.75. The molecule has 1 unspecified atom stereocenters. The molecule has 3 rings (SSSR count). The van der Waals surface area contributed by atoms with Crippen molar-refractivity contribution in [2.45, 2.75) is 44.2 Å². The zero-order valence-electron chi connectivity index (χ0n) is 14.3. The summed E-state index contributed by atoms with van der Waals surface area (Å²) in [5, 5.41) is 16.2. The summed E-state index contributed by atoms with van der Waals surface area (Å²) in [7, 11) is 1.94. The highest BCUT2D eigenvalue weighted by Crippen LogP contribution is 2.30. The van der Waals surface area contributed by atoms with Gasteiger partial charge < -0.3 is 10.2 Å². The van der Waals surface area contributed by atoms with Crippen LogP contribution in [0, 0.1) is 11.3 Å². The molecule has 24 heavy (non-hydrogen) atoms. The number of nitrogens with zero attached hydrogens (tertiary/aromatic N) is 5. The van der Waals surface area contributed by atoms with Gasteiger partial charge in [0.15, 0.2) is 0 Å². The summed E-state index contributed by atoms with van der Waals surface area (Å²) in [6.07, 6.45) is 6.82. The lowest BCUT2D eigenvalue weighted by atomic mass is 9.99. The standard InChI is InChI=1S/C17H26N6O/c1-21-15(5-9-19-21)16-4-2-3-10-23(16)17(24)20-14-6-11-22(12-7-14)13-8-18/h5,9,14,16H,2-4,6-7,10-13H2,1H3,(H,20,24). The first kappa shape index (κ1) is 16.8. The molecule has 1 atom stereocenters. The van der Waals surface area contributed by atoms with Crippen LogP contribution in [-0.4, -0.2) is 57.8 Å². The van der Waals surface area contributed by atoms with Crippen molar-refractivity contribution in [1.29, 1.82) is 5.26 Å². The van der Waals surface area contributed by atoms with E-state index in [2.05, 4.69) is 21.4 Å². The Kier molecular flexibility index (Phi) is 5.36. The molecule has 2 saturated heterocycles. The fourth-order valence-corrected chi connectivity index (χ4v) is 3.79. The van der Waals surface area contributed by atoms with Gasteiger partial charge >= 0.3 is 6.03 Å². The molecule has 3 heterocycles. The van der Waals surface area contributed by atoms with Crippen LogP contribution in [0.3, 0.4) is 0 Å². The van der Waals surface area contributed by atoms with Gasteiger partial charge in [0.1, 0.15) is 0 Å². The predicted molar refractivity (Wildman–Crippen MR) is 90.1 cm³/mol. The van der Waals surface area contributed by atoms with Crippen molar-refractivity contribution >= 4 is 6.03 Å². The Morgan fingerprint density at radius 1 is 1.33 bits per heavy atom. The number of nitrogens with one attached hydrogen (secondary N) is 1. The molecule has 0 aromatic carbocycles. The average molecular weight is 330 g/mol. The van der Waals surface area contributed by atoms with E-state index in [0.29, 0.717) is 6.54 Å². The number of piperidine rings is 2. The van der Waals surface area contributed by atoms with Crippen molar-refractivity contribution in [3.8, 4) is 6.07 Å². The molecule has 0 aliphatic carbocycles. The predicted octanol–water partition coefficient (Wildman–Crippen LogP) is 1.64. The van der Waals surface area contributed by atoms with Gasteiger partial charge in [-0.1, -0.05) is 0 Å². The average Bonchev–Trinajstić information content (AvgIpc) is 3.03. The van der Waals surface area contributed by atoms with Gasteiger partial charge in [0.05, 0.1) is 24.3 Å². The summed E-state index contributed by atoms with van der Waals surface area (Å²) in [5.41, 5.74) is 1.11. The molecule has 2 amide bonds. The van der Waals surface area contributed by atoms with Gasteiger partial charge in [-0.25, -0.2) is 4.79 Å². The van der Waals surface area contributed by atoms with Crippen LogP contribution >= 0.6 is 0 Å². The molecule has 1 aromatic rings. The summed E-state index contributed by atoms with van der Waals surface area (Å²) in [5.74, 6) is 0. The lowest BCUT2D eigenvalue weighted by molar-refractivity contribution is 0.138. The van der Waals surface area contributed by atoms with Gasteiger partial charge in [0.2, 0.25) is 0 Å². The van der Waals surface area contributed by atoms with Crippen LogP contribution in [0.15, 0.2) is 12.3 Å². The first-order valence-corrected chi connectivity index (χ1v) is 8.83. The van der Waals surface area contributed by atoms with E-state index in [4.69, 9.17) is 5.26 Å². The number of hydrogen-bond donors (Lipinski definition) is 1. The number of aryl methyl sites for hydroxylation is 1.